The second kappa shape index (κ2) is 9.92. The molecule has 0 aliphatic rings. The Balaban J connectivity index is 1.54. The van der Waals surface area contributed by atoms with Crippen LogP contribution in [0, 0.1) is 17.0 Å². The van der Waals surface area contributed by atoms with E-state index in [9.17, 15) is 28.1 Å². The van der Waals surface area contributed by atoms with E-state index in [1.807, 2.05) is 6.92 Å². The lowest BCUT2D eigenvalue weighted by molar-refractivity contribution is -0.384. The smallest absolute Gasteiger partial charge is 0.270 e. The Labute approximate surface area is 189 Å². The molecule has 0 spiro atoms. The second-order valence-corrected chi connectivity index (χ2v) is 8.72. The van der Waals surface area contributed by atoms with Crippen LogP contribution in [0.15, 0.2) is 77.7 Å². The number of nitro groups is 1. The third-order valence-corrected chi connectivity index (χ3v) is 5.88. The molecule has 0 saturated carbocycles. The second-order valence-electron chi connectivity index (χ2n) is 7.03. The van der Waals surface area contributed by atoms with Gasteiger partial charge in [-0.1, -0.05) is 23.8 Å². The summed E-state index contributed by atoms with van der Waals surface area (Å²) in [6, 6.07) is 17.6. The van der Waals surface area contributed by atoms with Crippen molar-refractivity contribution >= 4 is 38.9 Å². The first-order valence-corrected chi connectivity index (χ1v) is 11.1. The number of hydrogen-bond donors (Lipinski definition) is 3. The van der Waals surface area contributed by atoms with Crippen LogP contribution in [-0.4, -0.2) is 31.7 Å². The first-order chi connectivity index (χ1) is 15.6. The maximum atomic E-state index is 12.4. The van der Waals surface area contributed by atoms with Crippen LogP contribution in [0.1, 0.15) is 15.9 Å². The van der Waals surface area contributed by atoms with E-state index in [-0.39, 0.29) is 22.7 Å². The number of nitrogens with zero attached hydrogens (tertiary/aromatic N) is 1. The molecule has 0 aliphatic heterocycles. The first-order valence-electron chi connectivity index (χ1n) is 9.66. The van der Waals surface area contributed by atoms with Gasteiger partial charge in [-0.15, -0.1) is 0 Å². The van der Waals surface area contributed by atoms with Gasteiger partial charge in [0.05, 0.1) is 16.4 Å². The number of nitrogens with one attached hydrogen (secondary N) is 3. The van der Waals surface area contributed by atoms with Gasteiger partial charge >= 0.3 is 0 Å². The van der Waals surface area contributed by atoms with Gasteiger partial charge in [0, 0.05) is 29.1 Å². The normalized spacial score (nSPS) is 10.8. The predicted octanol–water partition coefficient (Wildman–Crippen LogP) is 3.07. The summed E-state index contributed by atoms with van der Waals surface area (Å²) in [6.07, 6.45) is 0. The van der Waals surface area contributed by atoms with Gasteiger partial charge in [0.2, 0.25) is 5.91 Å². The van der Waals surface area contributed by atoms with Gasteiger partial charge in [0.15, 0.2) is 0 Å². The minimum Gasteiger partial charge on any atom is -0.343 e. The average molecular weight is 468 g/mol. The van der Waals surface area contributed by atoms with E-state index < -0.39 is 26.8 Å². The zero-order chi connectivity index (χ0) is 24.0. The van der Waals surface area contributed by atoms with Gasteiger partial charge in [-0.05, 0) is 49.4 Å². The van der Waals surface area contributed by atoms with Crippen molar-refractivity contribution in [2.75, 3.05) is 16.6 Å². The average Bonchev–Trinajstić information content (AvgIpc) is 2.79. The third kappa shape index (κ3) is 6.37. The van der Waals surface area contributed by atoms with Crippen LogP contribution >= 0.6 is 0 Å². The van der Waals surface area contributed by atoms with Gasteiger partial charge in [-0.2, -0.15) is 0 Å². The summed E-state index contributed by atoms with van der Waals surface area (Å²) in [6.45, 7) is 1.50. The molecule has 10 nitrogen and oxygen atoms in total. The minimum absolute atomic E-state index is 0.0576. The Morgan fingerprint density at radius 2 is 1.58 bits per heavy atom. The van der Waals surface area contributed by atoms with Crippen molar-refractivity contribution in [3.63, 3.8) is 0 Å². The molecule has 0 atom stereocenters. The van der Waals surface area contributed by atoms with Crippen LogP contribution in [0.25, 0.3) is 0 Å². The molecule has 0 radical (unpaired) electrons. The molecule has 0 bridgehead atoms. The Hall–Kier alpha value is -4.25. The molecule has 0 aliphatic carbocycles. The molecule has 3 rings (SSSR count). The van der Waals surface area contributed by atoms with Crippen molar-refractivity contribution in [1.29, 1.82) is 0 Å². The first kappa shape index (κ1) is 23.4. The van der Waals surface area contributed by atoms with Gasteiger partial charge in [0.25, 0.3) is 21.6 Å². The van der Waals surface area contributed by atoms with Crippen molar-refractivity contribution in [3.05, 3.63) is 94.0 Å². The van der Waals surface area contributed by atoms with Crippen LogP contribution in [-0.2, 0) is 14.8 Å². The molecule has 3 aromatic rings. The van der Waals surface area contributed by atoms with Crippen molar-refractivity contribution in [2.45, 2.75) is 11.8 Å². The Morgan fingerprint density at radius 1 is 0.939 bits per heavy atom. The maximum absolute atomic E-state index is 12.4. The molecule has 0 unspecified atom stereocenters. The number of hydrogen-bond acceptors (Lipinski definition) is 6. The van der Waals surface area contributed by atoms with Crippen molar-refractivity contribution < 1.29 is 22.9 Å². The van der Waals surface area contributed by atoms with Crippen LogP contribution in [0.2, 0.25) is 0 Å². The van der Waals surface area contributed by atoms with Crippen LogP contribution < -0.4 is 15.4 Å². The summed E-state index contributed by atoms with van der Waals surface area (Å²) in [5, 5.41) is 15.8. The quantitative estimate of drug-likeness (QED) is 0.342. The summed E-state index contributed by atoms with van der Waals surface area (Å²) in [4.78, 5) is 34.5. The van der Waals surface area contributed by atoms with Gasteiger partial charge < -0.3 is 10.6 Å². The number of carbonyl (C=O) groups excluding carboxylic acids is 2. The summed E-state index contributed by atoms with van der Waals surface area (Å²) < 4.78 is 27.3. The molecule has 33 heavy (non-hydrogen) atoms. The van der Waals surface area contributed by atoms with Crippen molar-refractivity contribution in [2.24, 2.45) is 0 Å². The van der Waals surface area contributed by atoms with Crippen LogP contribution in [0.4, 0.5) is 17.1 Å². The van der Waals surface area contributed by atoms with Gasteiger partial charge in [0.1, 0.15) is 0 Å². The van der Waals surface area contributed by atoms with Crippen LogP contribution in [0.5, 0.6) is 0 Å². The Morgan fingerprint density at radius 3 is 2.21 bits per heavy atom. The van der Waals surface area contributed by atoms with Gasteiger partial charge in [-0.3, -0.25) is 24.4 Å². The monoisotopic (exact) mass is 468 g/mol. The molecule has 0 saturated heterocycles. The van der Waals surface area contributed by atoms with Crippen LogP contribution in [0.3, 0.4) is 0 Å². The molecular formula is C22H20N4O6S. The van der Waals surface area contributed by atoms with E-state index >= 15 is 0 Å². The number of sulfonamides is 1. The minimum atomic E-state index is -3.75. The predicted molar refractivity (Wildman–Crippen MR) is 122 cm³/mol. The number of anilines is 2. The summed E-state index contributed by atoms with van der Waals surface area (Å²) >= 11 is 0. The zero-order valence-corrected chi connectivity index (χ0v) is 18.3. The molecule has 0 aromatic heterocycles. The maximum Gasteiger partial charge on any atom is 0.270 e. The molecular weight excluding hydrogens is 448 g/mol. The molecule has 2 amide bonds. The fourth-order valence-electron chi connectivity index (χ4n) is 2.78. The highest BCUT2D eigenvalue weighted by Gasteiger charge is 2.15. The standard InChI is InChI=1S/C22H20N4O6S/c1-15-5-11-20(12-6-15)33(31,32)25-18-9-7-17(8-10-18)24-21(27)14-23-22(28)16-3-2-4-19(13-16)26(29)30/h2-13,25H,14H2,1H3,(H,23,28)(H,24,27). The molecule has 3 aromatic carbocycles. The van der Waals surface area contributed by atoms with E-state index in [4.69, 9.17) is 0 Å². The van der Waals surface area contributed by atoms with E-state index in [2.05, 4.69) is 15.4 Å². The lowest BCUT2D eigenvalue weighted by atomic mass is 10.2. The summed E-state index contributed by atoms with van der Waals surface area (Å²) in [7, 11) is -3.75. The highest BCUT2D eigenvalue weighted by molar-refractivity contribution is 7.92. The number of carbonyl (C=O) groups is 2. The SMILES string of the molecule is Cc1ccc(S(=O)(=O)Nc2ccc(NC(=O)CNC(=O)c3cccc([N+](=O)[O-])c3)cc2)cc1. The van der Waals surface area contributed by atoms with E-state index in [1.165, 1.54) is 54.6 Å². The number of nitro benzene ring substituents is 1. The number of non-ortho nitro benzene ring substituents is 1. The number of aryl methyl sites for hydroxylation is 1. The Kier molecular flexibility index (Phi) is 7.04. The van der Waals surface area contributed by atoms with Crippen molar-refractivity contribution in [1.82, 2.24) is 5.32 Å². The topological polar surface area (TPSA) is 148 Å². The molecule has 3 N–H and O–H groups in total. The lowest BCUT2D eigenvalue weighted by Gasteiger charge is -2.10. The molecule has 0 fully saturated rings. The molecule has 170 valence electrons. The van der Waals surface area contributed by atoms with E-state index in [0.29, 0.717) is 11.4 Å². The molecule has 11 heteroatoms. The fraction of sp³-hybridized carbons (Fsp3) is 0.0909. The largest absolute Gasteiger partial charge is 0.343 e. The lowest BCUT2D eigenvalue weighted by Crippen LogP contribution is -2.32. The molecule has 0 heterocycles. The van der Waals surface area contributed by atoms with Crippen molar-refractivity contribution in [3.8, 4) is 0 Å². The highest BCUT2D eigenvalue weighted by atomic mass is 32.2. The number of benzene rings is 3. The summed E-state index contributed by atoms with van der Waals surface area (Å²) in [5.74, 6) is -1.16. The van der Waals surface area contributed by atoms with Gasteiger partial charge in [-0.25, -0.2) is 8.42 Å². The summed E-state index contributed by atoms with van der Waals surface area (Å²) in [5.41, 5.74) is 1.47. The Bertz CT molecular complexity index is 1290. The zero-order valence-electron chi connectivity index (χ0n) is 17.4. The number of rotatable bonds is 8. The van der Waals surface area contributed by atoms with E-state index in [1.54, 1.807) is 12.1 Å². The fourth-order valence-corrected chi connectivity index (χ4v) is 3.84. The van der Waals surface area contributed by atoms with E-state index in [0.717, 1.165) is 11.6 Å². The third-order valence-electron chi connectivity index (χ3n) is 4.48. The highest BCUT2D eigenvalue weighted by Crippen LogP contribution is 2.19. The number of amides is 2.